The van der Waals surface area contributed by atoms with Crippen molar-refractivity contribution < 1.29 is 9.18 Å². The quantitative estimate of drug-likeness (QED) is 0.714. The number of rotatable bonds is 2. The first kappa shape index (κ1) is 9.39. The maximum absolute atomic E-state index is 12.2. The Hall–Kier alpha value is -0.700. The summed E-state index contributed by atoms with van der Waals surface area (Å²) in [6.07, 6.45) is 0. The third-order valence-electron chi connectivity index (χ3n) is 1.60. The van der Waals surface area contributed by atoms with Crippen LogP contribution in [0.4, 0.5) is 4.39 Å². The summed E-state index contributed by atoms with van der Waals surface area (Å²) in [5.74, 6) is -0.0129. The summed E-state index contributed by atoms with van der Waals surface area (Å²) in [5, 5.41) is 0. The molecule has 0 amide bonds. The second-order valence-corrected chi connectivity index (χ2v) is 3.35. The normalized spacial score (nSPS) is 9.92. The zero-order valence-corrected chi connectivity index (χ0v) is 8.19. The smallest absolute Gasteiger partial charge is 0.159 e. The summed E-state index contributed by atoms with van der Waals surface area (Å²) in [6, 6.07) is 4.88. The van der Waals surface area contributed by atoms with Crippen molar-refractivity contribution in [2.24, 2.45) is 0 Å². The molecule has 0 aromatic heterocycles. The van der Waals surface area contributed by atoms with Gasteiger partial charge in [-0.1, -0.05) is 28.1 Å². The molecular formula is C9H8BrFO. The predicted octanol–water partition coefficient (Wildman–Crippen LogP) is 3.12. The molecule has 1 nitrogen and oxygen atoms in total. The first-order chi connectivity index (χ1) is 5.65. The van der Waals surface area contributed by atoms with E-state index in [0.717, 1.165) is 0 Å². The Morgan fingerprint density at radius 1 is 1.58 bits per heavy atom. The van der Waals surface area contributed by atoms with Gasteiger partial charge < -0.3 is 0 Å². The molecule has 0 unspecified atom stereocenters. The van der Waals surface area contributed by atoms with Gasteiger partial charge in [0.1, 0.15) is 6.67 Å². The molecule has 0 aliphatic rings. The second-order valence-electron chi connectivity index (χ2n) is 2.50. The lowest BCUT2D eigenvalue weighted by molar-refractivity contribution is 0.101. The van der Waals surface area contributed by atoms with Gasteiger partial charge in [0.15, 0.2) is 5.78 Å². The minimum absolute atomic E-state index is 0.0129. The molecule has 0 saturated carbocycles. The lowest BCUT2D eigenvalue weighted by Crippen LogP contribution is -1.92. The van der Waals surface area contributed by atoms with Crippen molar-refractivity contribution in [1.82, 2.24) is 0 Å². The van der Waals surface area contributed by atoms with E-state index in [0.29, 0.717) is 15.6 Å². The Morgan fingerprint density at radius 3 is 2.67 bits per heavy atom. The molecule has 0 aliphatic carbocycles. The van der Waals surface area contributed by atoms with Crippen molar-refractivity contribution in [3.63, 3.8) is 0 Å². The van der Waals surface area contributed by atoms with E-state index < -0.39 is 6.67 Å². The van der Waals surface area contributed by atoms with Crippen LogP contribution in [0, 0.1) is 0 Å². The summed E-state index contributed by atoms with van der Waals surface area (Å²) in [7, 11) is 0. The van der Waals surface area contributed by atoms with Crippen molar-refractivity contribution in [2.45, 2.75) is 13.6 Å². The molecule has 1 rings (SSSR count). The number of hydrogen-bond donors (Lipinski definition) is 0. The fourth-order valence-corrected chi connectivity index (χ4v) is 1.36. The van der Waals surface area contributed by atoms with E-state index in [9.17, 15) is 9.18 Å². The SMILES string of the molecule is CC(=O)c1ccc(CF)c(Br)c1. The van der Waals surface area contributed by atoms with E-state index >= 15 is 0 Å². The van der Waals surface area contributed by atoms with Crippen molar-refractivity contribution in [1.29, 1.82) is 0 Å². The Morgan fingerprint density at radius 2 is 2.25 bits per heavy atom. The van der Waals surface area contributed by atoms with Crippen molar-refractivity contribution >= 4 is 21.7 Å². The highest BCUT2D eigenvalue weighted by molar-refractivity contribution is 9.10. The highest BCUT2D eigenvalue weighted by Crippen LogP contribution is 2.19. The Balaban J connectivity index is 3.10. The van der Waals surface area contributed by atoms with Crippen molar-refractivity contribution in [2.75, 3.05) is 0 Å². The van der Waals surface area contributed by atoms with Gasteiger partial charge in [-0.25, -0.2) is 4.39 Å². The highest BCUT2D eigenvalue weighted by Gasteiger charge is 2.03. The van der Waals surface area contributed by atoms with Crippen LogP contribution in [-0.2, 0) is 6.67 Å². The summed E-state index contributed by atoms with van der Waals surface area (Å²) >= 11 is 3.18. The van der Waals surface area contributed by atoms with Crippen LogP contribution in [0.25, 0.3) is 0 Å². The number of ketones is 1. The fraction of sp³-hybridized carbons (Fsp3) is 0.222. The van der Waals surface area contributed by atoms with Crippen LogP contribution in [0.1, 0.15) is 22.8 Å². The summed E-state index contributed by atoms with van der Waals surface area (Å²) in [4.78, 5) is 10.9. The van der Waals surface area contributed by atoms with Crippen LogP contribution in [0.5, 0.6) is 0 Å². The molecule has 64 valence electrons. The molecule has 3 heteroatoms. The summed E-state index contributed by atoms with van der Waals surface area (Å²) in [6.45, 7) is 0.968. The maximum Gasteiger partial charge on any atom is 0.159 e. The summed E-state index contributed by atoms with van der Waals surface area (Å²) in [5.41, 5.74) is 1.17. The number of hydrogen-bond acceptors (Lipinski definition) is 1. The van der Waals surface area contributed by atoms with E-state index in [-0.39, 0.29) is 5.78 Å². The molecule has 0 heterocycles. The van der Waals surface area contributed by atoms with Crippen molar-refractivity contribution in [3.05, 3.63) is 33.8 Å². The van der Waals surface area contributed by atoms with Gasteiger partial charge in [0.25, 0.3) is 0 Å². The largest absolute Gasteiger partial charge is 0.295 e. The van der Waals surface area contributed by atoms with Crippen LogP contribution in [0.3, 0.4) is 0 Å². The number of benzene rings is 1. The topological polar surface area (TPSA) is 17.1 Å². The number of halogens is 2. The first-order valence-electron chi connectivity index (χ1n) is 3.50. The predicted molar refractivity (Wildman–Crippen MR) is 49.0 cm³/mol. The zero-order valence-electron chi connectivity index (χ0n) is 6.60. The number of carbonyl (C=O) groups is 1. The van der Waals surface area contributed by atoms with Crippen molar-refractivity contribution in [3.8, 4) is 0 Å². The standard InChI is InChI=1S/C9H8BrFO/c1-6(12)7-2-3-8(5-11)9(10)4-7/h2-4H,5H2,1H3. The highest BCUT2D eigenvalue weighted by atomic mass is 79.9. The lowest BCUT2D eigenvalue weighted by atomic mass is 10.1. The van der Waals surface area contributed by atoms with E-state index in [1.807, 2.05) is 0 Å². The van der Waals surface area contributed by atoms with Gasteiger partial charge in [-0.3, -0.25) is 4.79 Å². The van der Waals surface area contributed by atoms with Gasteiger partial charge in [0.05, 0.1) is 0 Å². The number of carbonyl (C=O) groups excluding carboxylic acids is 1. The third-order valence-corrected chi connectivity index (χ3v) is 2.34. The van der Waals surface area contributed by atoms with Gasteiger partial charge in [-0.05, 0) is 18.6 Å². The molecule has 0 N–H and O–H groups in total. The molecule has 0 fully saturated rings. The maximum atomic E-state index is 12.2. The van der Waals surface area contributed by atoms with E-state index in [1.54, 1.807) is 18.2 Å². The third kappa shape index (κ3) is 1.91. The van der Waals surface area contributed by atoms with Gasteiger partial charge >= 0.3 is 0 Å². The van der Waals surface area contributed by atoms with Gasteiger partial charge in [0, 0.05) is 10.0 Å². The Labute approximate surface area is 78.7 Å². The number of alkyl halides is 1. The zero-order chi connectivity index (χ0) is 9.14. The van der Waals surface area contributed by atoms with Gasteiger partial charge in [0.2, 0.25) is 0 Å². The van der Waals surface area contributed by atoms with Gasteiger partial charge in [-0.15, -0.1) is 0 Å². The minimum atomic E-state index is -0.515. The molecule has 12 heavy (non-hydrogen) atoms. The first-order valence-corrected chi connectivity index (χ1v) is 4.29. The van der Waals surface area contributed by atoms with Crippen LogP contribution < -0.4 is 0 Å². The molecule has 0 aliphatic heterocycles. The van der Waals surface area contributed by atoms with E-state index in [4.69, 9.17) is 0 Å². The minimum Gasteiger partial charge on any atom is -0.295 e. The molecule has 0 atom stereocenters. The monoisotopic (exact) mass is 230 g/mol. The average Bonchev–Trinajstić information content (AvgIpc) is 2.04. The van der Waals surface area contributed by atoms with Crippen LogP contribution in [0.15, 0.2) is 22.7 Å². The molecule has 1 aromatic carbocycles. The summed E-state index contributed by atoms with van der Waals surface area (Å²) < 4.78 is 12.9. The van der Waals surface area contributed by atoms with E-state index in [2.05, 4.69) is 15.9 Å². The number of Topliss-reactive ketones (excluding diaryl/α,β-unsaturated/α-hetero) is 1. The van der Waals surface area contributed by atoms with Gasteiger partial charge in [-0.2, -0.15) is 0 Å². The Kier molecular flexibility index (Phi) is 2.98. The second kappa shape index (κ2) is 3.81. The molecule has 0 spiro atoms. The Bertz CT molecular complexity index is 309. The fourth-order valence-electron chi connectivity index (χ4n) is 0.875. The van der Waals surface area contributed by atoms with Crippen LogP contribution >= 0.6 is 15.9 Å². The molecule has 0 saturated heterocycles. The molecule has 1 aromatic rings. The molecular weight excluding hydrogens is 223 g/mol. The average molecular weight is 231 g/mol. The van der Waals surface area contributed by atoms with Crippen LogP contribution in [0.2, 0.25) is 0 Å². The van der Waals surface area contributed by atoms with Crippen LogP contribution in [-0.4, -0.2) is 5.78 Å². The lowest BCUT2D eigenvalue weighted by Gasteiger charge is -2.00. The molecule has 0 radical (unpaired) electrons. The molecule has 0 bridgehead atoms. The van der Waals surface area contributed by atoms with E-state index in [1.165, 1.54) is 6.92 Å².